The molecule has 1 atom stereocenters. The van der Waals surface area contributed by atoms with Gasteiger partial charge in [-0.2, -0.15) is 15.5 Å². The highest BCUT2D eigenvalue weighted by molar-refractivity contribution is 6.05. The van der Waals surface area contributed by atoms with Gasteiger partial charge in [0.2, 0.25) is 11.8 Å². The second-order valence-corrected chi connectivity index (χ2v) is 9.98. The van der Waals surface area contributed by atoms with Crippen molar-refractivity contribution >= 4 is 23.2 Å². The second-order valence-electron chi connectivity index (χ2n) is 9.98. The molecule has 2 aromatic carbocycles. The minimum atomic E-state index is -0.408. The molecular weight excluding hydrogens is 438 g/mol. The van der Waals surface area contributed by atoms with E-state index in [1.807, 2.05) is 23.1 Å². The quantitative estimate of drug-likeness (QED) is 0.572. The van der Waals surface area contributed by atoms with E-state index in [1.54, 1.807) is 35.5 Å². The van der Waals surface area contributed by atoms with Crippen LogP contribution >= 0.6 is 0 Å². The molecule has 1 saturated heterocycles. The van der Waals surface area contributed by atoms with Gasteiger partial charge in [0.05, 0.1) is 23.7 Å². The summed E-state index contributed by atoms with van der Waals surface area (Å²) in [6, 6.07) is 17.4. The van der Waals surface area contributed by atoms with E-state index in [4.69, 9.17) is 0 Å². The lowest BCUT2D eigenvalue weighted by molar-refractivity contribution is -0.124. The average Bonchev–Trinajstić information content (AvgIpc) is 3.39. The maximum atomic E-state index is 13.6. The predicted molar refractivity (Wildman–Crippen MR) is 133 cm³/mol. The number of amides is 2. The van der Waals surface area contributed by atoms with E-state index >= 15 is 0 Å². The van der Waals surface area contributed by atoms with Crippen LogP contribution in [0.4, 0.5) is 11.4 Å². The van der Waals surface area contributed by atoms with Gasteiger partial charge in [-0.1, -0.05) is 32.0 Å². The number of aromatic nitrogens is 2. The third kappa shape index (κ3) is 4.40. The number of nitrogens with zero attached hydrogens (tertiary/aromatic N) is 5. The molecule has 2 aliphatic rings. The van der Waals surface area contributed by atoms with Gasteiger partial charge in [-0.05, 0) is 59.9 Å². The Kier molecular flexibility index (Phi) is 5.81. The summed E-state index contributed by atoms with van der Waals surface area (Å²) in [7, 11) is 0. The summed E-state index contributed by atoms with van der Waals surface area (Å²) < 4.78 is 0. The first kappa shape index (κ1) is 22.7. The largest absolute Gasteiger partial charge is 0.312 e. The molecule has 7 heteroatoms. The number of rotatable bonds is 5. The molecule has 0 aliphatic carbocycles. The average molecular weight is 466 g/mol. The number of nitriles is 1. The number of hydrogen-bond acceptors (Lipinski definition) is 5. The zero-order valence-electron chi connectivity index (χ0n) is 19.9. The fourth-order valence-corrected chi connectivity index (χ4v) is 5.12. The molecule has 2 aliphatic heterocycles. The van der Waals surface area contributed by atoms with E-state index < -0.39 is 5.92 Å². The number of carbonyl (C=O) groups is 2. The van der Waals surface area contributed by atoms with Crippen molar-refractivity contribution in [3.05, 3.63) is 83.2 Å². The van der Waals surface area contributed by atoms with Crippen molar-refractivity contribution in [2.45, 2.75) is 38.5 Å². The van der Waals surface area contributed by atoms with Crippen LogP contribution in [0.1, 0.15) is 42.5 Å². The van der Waals surface area contributed by atoms with Crippen LogP contribution in [0.2, 0.25) is 0 Å². The molecule has 7 nitrogen and oxygen atoms in total. The highest BCUT2D eigenvalue weighted by Crippen LogP contribution is 2.42. The summed E-state index contributed by atoms with van der Waals surface area (Å²) in [4.78, 5) is 29.9. The number of carbonyl (C=O) groups excluding carboxylic acids is 2. The lowest BCUT2D eigenvalue weighted by atomic mass is 9.85. The fourth-order valence-electron chi connectivity index (χ4n) is 5.12. The maximum absolute atomic E-state index is 13.6. The van der Waals surface area contributed by atoms with Crippen LogP contribution in [-0.4, -0.2) is 35.1 Å². The Morgan fingerprint density at radius 3 is 2.71 bits per heavy atom. The van der Waals surface area contributed by atoms with Gasteiger partial charge in [0, 0.05) is 42.5 Å². The van der Waals surface area contributed by atoms with Crippen LogP contribution in [0.5, 0.6) is 0 Å². The molecule has 0 bridgehead atoms. The number of anilines is 2. The standard InChI is InChI=1S/C28H27N5O2/c1-28(2)18-33(25-9-8-19(13-24(25)28)6-7-20-10-11-30-31-16-20)27(35)22-14-26(34)32(17-22)23-5-3-4-21(12-23)15-29/h3-5,8-13,16,22H,6-7,14,17-18H2,1-2H3. The van der Waals surface area contributed by atoms with Gasteiger partial charge in [-0.25, -0.2) is 0 Å². The zero-order chi connectivity index (χ0) is 24.6. The van der Waals surface area contributed by atoms with Crippen LogP contribution in [0.3, 0.4) is 0 Å². The minimum Gasteiger partial charge on any atom is -0.312 e. The summed E-state index contributed by atoms with van der Waals surface area (Å²) in [6.07, 6.45) is 5.45. The smallest absolute Gasteiger partial charge is 0.232 e. The molecule has 0 spiro atoms. The lowest BCUT2D eigenvalue weighted by Gasteiger charge is -2.23. The Labute approximate surface area is 205 Å². The number of hydrogen-bond donors (Lipinski definition) is 0. The normalized spacial score (nSPS) is 18.4. The third-order valence-corrected chi connectivity index (χ3v) is 7.01. The third-order valence-electron chi connectivity index (χ3n) is 7.01. The molecule has 0 N–H and O–H groups in total. The summed E-state index contributed by atoms with van der Waals surface area (Å²) in [5, 5.41) is 17.0. The van der Waals surface area contributed by atoms with Crippen molar-refractivity contribution in [3.8, 4) is 6.07 Å². The summed E-state index contributed by atoms with van der Waals surface area (Å²) in [5.74, 6) is -0.508. The molecule has 3 aromatic rings. The summed E-state index contributed by atoms with van der Waals surface area (Å²) >= 11 is 0. The molecule has 3 heterocycles. The van der Waals surface area contributed by atoms with Gasteiger partial charge in [-0.3, -0.25) is 9.59 Å². The molecule has 1 unspecified atom stereocenters. The van der Waals surface area contributed by atoms with Crippen molar-refractivity contribution in [1.82, 2.24) is 10.2 Å². The second kappa shape index (κ2) is 8.95. The molecule has 35 heavy (non-hydrogen) atoms. The Hall–Kier alpha value is -4.05. The van der Waals surface area contributed by atoms with Gasteiger partial charge >= 0.3 is 0 Å². The van der Waals surface area contributed by atoms with Crippen LogP contribution in [-0.2, 0) is 27.8 Å². The molecule has 2 amide bonds. The van der Waals surface area contributed by atoms with Crippen LogP contribution in [0, 0.1) is 17.2 Å². The molecule has 1 fully saturated rings. The summed E-state index contributed by atoms with van der Waals surface area (Å²) in [6.45, 7) is 5.24. The van der Waals surface area contributed by atoms with Crippen LogP contribution < -0.4 is 9.80 Å². The molecule has 5 rings (SSSR count). The molecule has 0 saturated carbocycles. The Morgan fingerprint density at radius 1 is 1.11 bits per heavy atom. The van der Waals surface area contributed by atoms with Gasteiger partial charge in [0.1, 0.15) is 0 Å². The number of benzene rings is 2. The topological polar surface area (TPSA) is 90.2 Å². The molecular formula is C28H27N5O2. The Balaban J connectivity index is 1.33. The number of aryl methyl sites for hydroxylation is 2. The van der Waals surface area contributed by atoms with Crippen LogP contribution in [0.15, 0.2) is 60.9 Å². The zero-order valence-corrected chi connectivity index (χ0v) is 19.9. The van der Waals surface area contributed by atoms with E-state index in [9.17, 15) is 14.9 Å². The SMILES string of the molecule is CC1(C)CN(C(=O)C2CC(=O)N(c3cccc(C#N)c3)C2)c2ccc(CCc3ccnnc3)cc21. The summed E-state index contributed by atoms with van der Waals surface area (Å²) in [5.41, 5.74) is 5.46. The van der Waals surface area contributed by atoms with Crippen LogP contribution in [0.25, 0.3) is 0 Å². The molecule has 1 aromatic heterocycles. The van der Waals surface area contributed by atoms with E-state index in [2.05, 4.69) is 42.2 Å². The number of fused-ring (bicyclic) bond motifs is 1. The van der Waals surface area contributed by atoms with Crippen molar-refractivity contribution in [2.24, 2.45) is 5.92 Å². The first-order valence-electron chi connectivity index (χ1n) is 11.9. The van der Waals surface area contributed by atoms with Crippen molar-refractivity contribution in [2.75, 3.05) is 22.9 Å². The van der Waals surface area contributed by atoms with Gasteiger partial charge in [0.25, 0.3) is 0 Å². The van der Waals surface area contributed by atoms with E-state index in [0.29, 0.717) is 24.3 Å². The Bertz CT molecular complexity index is 1330. The predicted octanol–water partition coefficient (Wildman–Crippen LogP) is 3.81. The van der Waals surface area contributed by atoms with Crippen molar-refractivity contribution in [1.29, 1.82) is 5.26 Å². The van der Waals surface area contributed by atoms with Gasteiger partial charge in [-0.15, -0.1) is 0 Å². The molecule has 0 radical (unpaired) electrons. The van der Waals surface area contributed by atoms with Gasteiger partial charge in [0.15, 0.2) is 0 Å². The highest BCUT2D eigenvalue weighted by atomic mass is 16.2. The molecule has 176 valence electrons. The van der Waals surface area contributed by atoms with E-state index in [0.717, 1.165) is 24.1 Å². The lowest BCUT2D eigenvalue weighted by Crippen LogP contribution is -2.39. The highest BCUT2D eigenvalue weighted by Gasteiger charge is 2.43. The van der Waals surface area contributed by atoms with E-state index in [1.165, 1.54) is 11.1 Å². The van der Waals surface area contributed by atoms with Gasteiger partial charge < -0.3 is 9.80 Å². The monoisotopic (exact) mass is 465 g/mol. The Morgan fingerprint density at radius 2 is 1.94 bits per heavy atom. The first-order chi connectivity index (χ1) is 16.9. The van der Waals surface area contributed by atoms with Crippen molar-refractivity contribution < 1.29 is 9.59 Å². The maximum Gasteiger partial charge on any atom is 0.232 e. The van der Waals surface area contributed by atoms with E-state index in [-0.39, 0.29) is 23.7 Å². The van der Waals surface area contributed by atoms with Crippen molar-refractivity contribution in [3.63, 3.8) is 0 Å². The first-order valence-corrected chi connectivity index (χ1v) is 11.9. The minimum absolute atomic E-state index is 0.0141. The fraction of sp³-hybridized carbons (Fsp3) is 0.321.